The highest BCUT2D eigenvalue weighted by Crippen LogP contribution is 2.23. The van der Waals surface area contributed by atoms with Gasteiger partial charge in [0.05, 0.1) is 10.5 Å². The molecule has 1 aromatic carbocycles. The molecule has 1 heterocycles. The third kappa shape index (κ3) is 3.00. The Hall–Kier alpha value is -1.49. The molecule has 88 valence electrons. The maximum absolute atomic E-state index is 13.1. The summed E-state index contributed by atoms with van der Waals surface area (Å²) in [5.74, 6) is 0.453. The second-order valence-electron chi connectivity index (χ2n) is 3.64. The molecule has 1 unspecified atom stereocenters. The number of aromatic nitrogens is 2. The minimum atomic E-state index is -0.238. The molecule has 17 heavy (non-hydrogen) atoms. The summed E-state index contributed by atoms with van der Waals surface area (Å²) in [4.78, 5) is 7.98. The average molecular weight is 296 g/mol. The normalized spacial score (nSPS) is 12.2. The molecule has 0 radical (unpaired) electrons. The monoisotopic (exact) mass is 295 g/mol. The molecule has 0 aliphatic heterocycles. The molecule has 0 spiro atoms. The van der Waals surface area contributed by atoms with E-state index in [0.717, 1.165) is 10.0 Å². The number of hydrogen-bond donors (Lipinski definition) is 1. The largest absolute Gasteiger partial charge is 0.363 e. The van der Waals surface area contributed by atoms with Gasteiger partial charge >= 0.3 is 0 Å². The fraction of sp³-hybridized carbons (Fsp3) is 0.167. The van der Waals surface area contributed by atoms with Gasteiger partial charge in [-0.05, 0) is 40.5 Å². The van der Waals surface area contributed by atoms with Crippen molar-refractivity contribution in [1.29, 1.82) is 0 Å². The maximum Gasteiger partial charge on any atom is 0.144 e. The molecular weight excluding hydrogens is 285 g/mol. The number of nitrogens with zero attached hydrogens (tertiary/aromatic N) is 2. The van der Waals surface area contributed by atoms with E-state index in [4.69, 9.17) is 0 Å². The van der Waals surface area contributed by atoms with E-state index in [1.165, 1.54) is 18.5 Å². The third-order valence-corrected chi connectivity index (χ3v) is 2.95. The van der Waals surface area contributed by atoms with Gasteiger partial charge in [-0.25, -0.2) is 14.4 Å². The topological polar surface area (TPSA) is 37.8 Å². The fourth-order valence-corrected chi connectivity index (χ4v) is 1.82. The number of hydrogen-bond acceptors (Lipinski definition) is 3. The molecule has 0 aliphatic rings. The molecule has 0 fully saturated rings. The van der Waals surface area contributed by atoms with Crippen molar-refractivity contribution in [2.45, 2.75) is 13.0 Å². The lowest BCUT2D eigenvalue weighted by Gasteiger charge is -2.15. The lowest BCUT2D eigenvalue weighted by Crippen LogP contribution is -2.08. The Bertz CT molecular complexity index is 519. The number of halogens is 2. The van der Waals surface area contributed by atoms with E-state index in [9.17, 15) is 4.39 Å². The van der Waals surface area contributed by atoms with Crippen molar-refractivity contribution in [3.8, 4) is 0 Å². The van der Waals surface area contributed by atoms with E-state index < -0.39 is 0 Å². The summed E-state index contributed by atoms with van der Waals surface area (Å²) in [6, 6.07) is 6.47. The van der Waals surface area contributed by atoms with Crippen molar-refractivity contribution >= 4 is 21.7 Å². The van der Waals surface area contributed by atoms with Crippen molar-refractivity contribution < 1.29 is 4.39 Å². The van der Waals surface area contributed by atoms with Crippen LogP contribution in [-0.2, 0) is 0 Å². The summed E-state index contributed by atoms with van der Waals surface area (Å²) in [6.07, 6.45) is 3.12. The predicted molar refractivity (Wildman–Crippen MR) is 68.2 cm³/mol. The van der Waals surface area contributed by atoms with Crippen molar-refractivity contribution in [3.05, 3.63) is 52.6 Å². The van der Waals surface area contributed by atoms with Gasteiger partial charge in [0, 0.05) is 6.20 Å². The van der Waals surface area contributed by atoms with Crippen LogP contribution in [0.5, 0.6) is 0 Å². The molecule has 0 aliphatic carbocycles. The van der Waals surface area contributed by atoms with Gasteiger partial charge in [0.2, 0.25) is 0 Å². The molecule has 3 nitrogen and oxygen atoms in total. The predicted octanol–water partition coefficient (Wildman–Crippen LogP) is 3.55. The SMILES string of the molecule is CC(Nc1ncncc1Br)c1cccc(F)c1. The summed E-state index contributed by atoms with van der Waals surface area (Å²) in [7, 11) is 0. The first-order valence-electron chi connectivity index (χ1n) is 5.14. The van der Waals surface area contributed by atoms with E-state index in [0.29, 0.717) is 5.82 Å². The van der Waals surface area contributed by atoms with Gasteiger partial charge in [-0.1, -0.05) is 12.1 Å². The van der Waals surface area contributed by atoms with Crippen LogP contribution in [0.1, 0.15) is 18.5 Å². The van der Waals surface area contributed by atoms with Crippen LogP contribution in [0.2, 0.25) is 0 Å². The van der Waals surface area contributed by atoms with Crippen molar-refractivity contribution in [3.63, 3.8) is 0 Å². The zero-order valence-corrected chi connectivity index (χ0v) is 10.8. The second kappa shape index (κ2) is 5.23. The summed E-state index contributed by atoms with van der Waals surface area (Å²) in [5, 5.41) is 3.19. The van der Waals surface area contributed by atoms with Crippen LogP contribution in [-0.4, -0.2) is 9.97 Å². The zero-order chi connectivity index (χ0) is 12.3. The Labute approximate surface area is 107 Å². The van der Waals surface area contributed by atoms with Crippen LogP contribution < -0.4 is 5.32 Å². The van der Waals surface area contributed by atoms with E-state index in [1.54, 1.807) is 12.3 Å². The zero-order valence-electron chi connectivity index (χ0n) is 9.19. The number of rotatable bonds is 3. The fourth-order valence-electron chi connectivity index (χ4n) is 1.48. The first kappa shape index (κ1) is 12.0. The lowest BCUT2D eigenvalue weighted by atomic mass is 10.1. The molecule has 0 saturated carbocycles. The third-order valence-electron chi connectivity index (χ3n) is 2.37. The molecular formula is C12H11BrFN3. The van der Waals surface area contributed by atoms with Gasteiger partial charge in [0.1, 0.15) is 18.0 Å². The van der Waals surface area contributed by atoms with Gasteiger partial charge < -0.3 is 5.32 Å². The summed E-state index contributed by atoms with van der Waals surface area (Å²) >= 11 is 3.35. The smallest absolute Gasteiger partial charge is 0.144 e. The van der Waals surface area contributed by atoms with Crippen LogP contribution >= 0.6 is 15.9 Å². The first-order valence-corrected chi connectivity index (χ1v) is 5.93. The van der Waals surface area contributed by atoms with Crippen molar-refractivity contribution in [2.75, 3.05) is 5.32 Å². The van der Waals surface area contributed by atoms with E-state index in [1.807, 2.05) is 13.0 Å². The van der Waals surface area contributed by atoms with Crippen LogP contribution in [0.4, 0.5) is 10.2 Å². The van der Waals surface area contributed by atoms with Crippen molar-refractivity contribution in [2.24, 2.45) is 0 Å². The van der Waals surface area contributed by atoms with Crippen LogP contribution in [0.25, 0.3) is 0 Å². The number of anilines is 1. The minimum absolute atomic E-state index is 0.0306. The Kier molecular flexibility index (Phi) is 3.68. The van der Waals surface area contributed by atoms with E-state index >= 15 is 0 Å². The Morgan fingerprint density at radius 2 is 2.24 bits per heavy atom. The van der Waals surface area contributed by atoms with Gasteiger partial charge in [-0.2, -0.15) is 0 Å². The molecule has 5 heteroatoms. The van der Waals surface area contributed by atoms with E-state index in [2.05, 4.69) is 31.2 Å². The molecule has 1 aromatic heterocycles. The second-order valence-corrected chi connectivity index (χ2v) is 4.49. The van der Waals surface area contributed by atoms with Gasteiger partial charge in [0.15, 0.2) is 0 Å². The molecule has 1 N–H and O–H groups in total. The van der Waals surface area contributed by atoms with Crippen LogP contribution in [0, 0.1) is 5.82 Å². The van der Waals surface area contributed by atoms with Crippen LogP contribution in [0.15, 0.2) is 41.3 Å². The minimum Gasteiger partial charge on any atom is -0.363 e. The Morgan fingerprint density at radius 1 is 1.41 bits per heavy atom. The Balaban J connectivity index is 2.17. The summed E-state index contributed by atoms with van der Waals surface area (Å²) < 4.78 is 13.9. The average Bonchev–Trinajstić information content (AvgIpc) is 2.32. The maximum atomic E-state index is 13.1. The highest BCUT2D eigenvalue weighted by Gasteiger charge is 2.08. The van der Waals surface area contributed by atoms with Gasteiger partial charge in [0.25, 0.3) is 0 Å². The Morgan fingerprint density at radius 3 is 2.94 bits per heavy atom. The van der Waals surface area contributed by atoms with Gasteiger partial charge in [-0.15, -0.1) is 0 Å². The highest BCUT2D eigenvalue weighted by atomic mass is 79.9. The standard InChI is InChI=1S/C12H11BrFN3/c1-8(9-3-2-4-10(14)5-9)17-12-11(13)6-15-7-16-12/h2-8H,1H3,(H,15,16,17). The molecule has 2 aromatic rings. The number of nitrogens with one attached hydrogen (secondary N) is 1. The molecule has 2 rings (SSSR count). The number of benzene rings is 1. The van der Waals surface area contributed by atoms with E-state index in [-0.39, 0.29) is 11.9 Å². The molecule has 0 bridgehead atoms. The molecule has 1 atom stereocenters. The highest BCUT2D eigenvalue weighted by molar-refractivity contribution is 9.10. The first-order chi connectivity index (χ1) is 8.16. The molecule has 0 amide bonds. The summed E-state index contributed by atoms with van der Waals surface area (Å²) in [6.45, 7) is 1.95. The molecule has 0 saturated heterocycles. The van der Waals surface area contributed by atoms with Crippen molar-refractivity contribution in [1.82, 2.24) is 9.97 Å². The van der Waals surface area contributed by atoms with Gasteiger partial charge in [-0.3, -0.25) is 0 Å². The summed E-state index contributed by atoms with van der Waals surface area (Å²) in [5.41, 5.74) is 0.871. The lowest BCUT2D eigenvalue weighted by molar-refractivity contribution is 0.623. The van der Waals surface area contributed by atoms with Crippen LogP contribution in [0.3, 0.4) is 0 Å². The quantitative estimate of drug-likeness (QED) is 0.941.